The molecule has 0 aliphatic rings. The second-order valence-corrected chi connectivity index (χ2v) is 3.90. The third-order valence-electron chi connectivity index (χ3n) is 2.55. The van der Waals surface area contributed by atoms with Gasteiger partial charge in [-0.1, -0.05) is 19.9 Å². The van der Waals surface area contributed by atoms with Gasteiger partial charge in [0, 0.05) is 12.0 Å². The van der Waals surface area contributed by atoms with Crippen molar-refractivity contribution in [2.45, 2.75) is 26.2 Å². The third-order valence-corrected chi connectivity index (χ3v) is 2.55. The van der Waals surface area contributed by atoms with E-state index in [9.17, 15) is 4.79 Å². The maximum Gasteiger partial charge on any atom is 0.164 e. The minimum atomic E-state index is 0.292. The van der Waals surface area contributed by atoms with E-state index in [1.165, 1.54) is 0 Å². The molecule has 1 aromatic rings. The fourth-order valence-electron chi connectivity index (χ4n) is 1.89. The standard InChI is InChI=1S/C13H18O3/c1-9(2)12-10(7-8-14)5-6-11(15-3)13(12)16-4/h5-6,8-9H,7H2,1-4H3. The van der Waals surface area contributed by atoms with Crippen LogP contribution in [-0.2, 0) is 11.2 Å². The summed E-state index contributed by atoms with van der Waals surface area (Å²) in [5.74, 6) is 1.73. The van der Waals surface area contributed by atoms with Crippen LogP contribution in [0.3, 0.4) is 0 Å². The van der Waals surface area contributed by atoms with Crippen molar-refractivity contribution >= 4 is 6.29 Å². The molecule has 0 aromatic heterocycles. The van der Waals surface area contributed by atoms with Gasteiger partial charge in [-0.15, -0.1) is 0 Å². The van der Waals surface area contributed by atoms with Gasteiger partial charge in [-0.2, -0.15) is 0 Å². The largest absolute Gasteiger partial charge is 0.493 e. The molecule has 0 fully saturated rings. The van der Waals surface area contributed by atoms with Gasteiger partial charge in [0.25, 0.3) is 0 Å². The Morgan fingerprint density at radius 1 is 1.25 bits per heavy atom. The van der Waals surface area contributed by atoms with Crippen molar-refractivity contribution in [1.29, 1.82) is 0 Å². The lowest BCUT2D eigenvalue weighted by Crippen LogP contribution is -2.03. The van der Waals surface area contributed by atoms with Crippen molar-refractivity contribution in [3.63, 3.8) is 0 Å². The van der Waals surface area contributed by atoms with Gasteiger partial charge in [0.1, 0.15) is 6.29 Å². The quantitative estimate of drug-likeness (QED) is 0.718. The highest BCUT2D eigenvalue weighted by Crippen LogP contribution is 2.37. The molecule has 0 heterocycles. The fraction of sp³-hybridized carbons (Fsp3) is 0.462. The van der Waals surface area contributed by atoms with Gasteiger partial charge in [0.2, 0.25) is 0 Å². The lowest BCUT2D eigenvalue weighted by atomic mass is 9.94. The van der Waals surface area contributed by atoms with Gasteiger partial charge in [0.05, 0.1) is 14.2 Å². The maximum atomic E-state index is 10.6. The van der Waals surface area contributed by atoms with Crippen LogP contribution in [0.4, 0.5) is 0 Å². The average Bonchev–Trinajstić information content (AvgIpc) is 2.28. The highest BCUT2D eigenvalue weighted by molar-refractivity contribution is 5.61. The molecule has 0 unspecified atom stereocenters. The second kappa shape index (κ2) is 5.54. The zero-order valence-corrected chi connectivity index (χ0v) is 10.2. The highest BCUT2D eigenvalue weighted by atomic mass is 16.5. The Labute approximate surface area is 96.4 Å². The SMILES string of the molecule is COc1ccc(CC=O)c(C(C)C)c1OC. The maximum absolute atomic E-state index is 10.6. The van der Waals surface area contributed by atoms with Gasteiger partial charge in [0.15, 0.2) is 11.5 Å². The topological polar surface area (TPSA) is 35.5 Å². The molecule has 0 atom stereocenters. The monoisotopic (exact) mass is 222 g/mol. The van der Waals surface area contributed by atoms with Crippen LogP contribution >= 0.6 is 0 Å². The molecule has 0 saturated carbocycles. The van der Waals surface area contributed by atoms with Gasteiger partial charge in [-0.25, -0.2) is 0 Å². The van der Waals surface area contributed by atoms with E-state index >= 15 is 0 Å². The first kappa shape index (κ1) is 12.6. The molecular weight excluding hydrogens is 204 g/mol. The number of carbonyl (C=O) groups is 1. The van der Waals surface area contributed by atoms with Gasteiger partial charge in [-0.05, 0) is 17.5 Å². The second-order valence-electron chi connectivity index (χ2n) is 3.90. The first-order chi connectivity index (χ1) is 7.65. The molecular formula is C13H18O3. The van der Waals surface area contributed by atoms with Crippen LogP contribution in [0.25, 0.3) is 0 Å². The van der Waals surface area contributed by atoms with Crippen LogP contribution in [-0.4, -0.2) is 20.5 Å². The van der Waals surface area contributed by atoms with Gasteiger partial charge < -0.3 is 14.3 Å². The Morgan fingerprint density at radius 3 is 2.38 bits per heavy atom. The van der Waals surface area contributed by atoms with E-state index in [4.69, 9.17) is 9.47 Å². The van der Waals surface area contributed by atoms with Gasteiger partial charge in [-0.3, -0.25) is 0 Å². The number of methoxy groups -OCH3 is 2. The van der Waals surface area contributed by atoms with E-state index in [-0.39, 0.29) is 0 Å². The van der Waals surface area contributed by atoms with Crippen LogP contribution in [0.1, 0.15) is 30.9 Å². The minimum absolute atomic E-state index is 0.292. The molecule has 0 saturated heterocycles. The summed E-state index contributed by atoms with van der Waals surface area (Å²) in [6.45, 7) is 4.15. The summed E-state index contributed by atoms with van der Waals surface area (Å²) in [6, 6.07) is 3.76. The molecule has 0 radical (unpaired) electrons. The number of carbonyl (C=O) groups excluding carboxylic acids is 1. The summed E-state index contributed by atoms with van der Waals surface area (Å²) in [5, 5.41) is 0. The van der Waals surface area contributed by atoms with Crippen LogP contribution in [0.5, 0.6) is 11.5 Å². The molecule has 0 aliphatic carbocycles. The summed E-state index contributed by atoms with van der Waals surface area (Å²) < 4.78 is 10.6. The van der Waals surface area contributed by atoms with E-state index in [0.717, 1.165) is 23.2 Å². The lowest BCUT2D eigenvalue weighted by molar-refractivity contribution is -0.107. The number of benzene rings is 1. The molecule has 0 amide bonds. The van der Waals surface area contributed by atoms with Crippen LogP contribution in [0.2, 0.25) is 0 Å². The molecule has 3 heteroatoms. The van der Waals surface area contributed by atoms with E-state index in [1.807, 2.05) is 12.1 Å². The lowest BCUT2D eigenvalue weighted by Gasteiger charge is -2.18. The van der Waals surface area contributed by atoms with Crippen LogP contribution in [0, 0.1) is 0 Å². The van der Waals surface area contributed by atoms with Crippen LogP contribution < -0.4 is 9.47 Å². The van der Waals surface area contributed by atoms with Crippen molar-refractivity contribution in [2.24, 2.45) is 0 Å². The van der Waals surface area contributed by atoms with E-state index in [1.54, 1.807) is 14.2 Å². The Hall–Kier alpha value is -1.51. The highest BCUT2D eigenvalue weighted by Gasteiger charge is 2.17. The molecule has 16 heavy (non-hydrogen) atoms. The zero-order valence-electron chi connectivity index (χ0n) is 10.2. The van der Waals surface area contributed by atoms with E-state index in [0.29, 0.717) is 18.1 Å². The normalized spacial score (nSPS) is 10.3. The molecule has 1 rings (SSSR count). The minimum Gasteiger partial charge on any atom is -0.493 e. The van der Waals surface area contributed by atoms with Crippen molar-refractivity contribution in [1.82, 2.24) is 0 Å². The summed E-state index contributed by atoms with van der Waals surface area (Å²) in [7, 11) is 3.23. The Morgan fingerprint density at radius 2 is 1.94 bits per heavy atom. The van der Waals surface area contributed by atoms with E-state index < -0.39 is 0 Å². The van der Waals surface area contributed by atoms with Crippen LogP contribution in [0.15, 0.2) is 12.1 Å². The molecule has 0 N–H and O–H groups in total. The zero-order chi connectivity index (χ0) is 12.1. The van der Waals surface area contributed by atoms with Gasteiger partial charge >= 0.3 is 0 Å². The predicted octanol–water partition coefficient (Wildman–Crippen LogP) is 2.57. The smallest absolute Gasteiger partial charge is 0.164 e. The van der Waals surface area contributed by atoms with E-state index in [2.05, 4.69) is 13.8 Å². The summed E-state index contributed by atoms with van der Waals surface area (Å²) >= 11 is 0. The number of hydrogen-bond acceptors (Lipinski definition) is 3. The first-order valence-electron chi connectivity index (χ1n) is 5.33. The first-order valence-corrected chi connectivity index (χ1v) is 5.33. The summed E-state index contributed by atoms with van der Waals surface area (Å²) in [5.41, 5.74) is 2.05. The molecule has 0 bridgehead atoms. The molecule has 88 valence electrons. The third kappa shape index (κ3) is 2.35. The number of hydrogen-bond donors (Lipinski definition) is 0. The Balaban J connectivity index is 3.37. The number of ether oxygens (including phenoxy) is 2. The predicted molar refractivity (Wildman–Crippen MR) is 63.4 cm³/mol. The molecule has 3 nitrogen and oxygen atoms in total. The van der Waals surface area contributed by atoms with Crippen molar-refractivity contribution in [3.05, 3.63) is 23.3 Å². The average molecular weight is 222 g/mol. The van der Waals surface area contributed by atoms with Crippen molar-refractivity contribution < 1.29 is 14.3 Å². The number of aldehydes is 1. The molecule has 0 spiro atoms. The van der Waals surface area contributed by atoms with Crippen molar-refractivity contribution in [3.8, 4) is 11.5 Å². The summed E-state index contributed by atoms with van der Waals surface area (Å²) in [6.07, 6.45) is 1.32. The van der Waals surface area contributed by atoms with Crippen molar-refractivity contribution in [2.75, 3.05) is 14.2 Å². The fourth-order valence-corrected chi connectivity index (χ4v) is 1.89. The number of rotatable bonds is 5. The molecule has 1 aromatic carbocycles. The Bertz CT molecular complexity index is 370. The summed E-state index contributed by atoms with van der Waals surface area (Å²) in [4.78, 5) is 10.6. The molecule has 0 aliphatic heterocycles. The Kier molecular flexibility index (Phi) is 4.35.